The van der Waals surface area contributed by atoms with E-state index in [2.05, 4.69) is 0 Å². The van der Waals surface area contributed by atoms with Crippen molar-refractivity contribution in [1.29, 1.82) is 0 Å². The molecule has 0 saturated carbocycles. The number of amides is 2. The molecular formula is C24H16NO4-. The number of rotatable bonds is 3. The molecule has 0 saturated heterocycles. The van der Waals surface area contributed by atoms with Crippen molar-refractivity contribution in [2.45, 2.75) is 6.92 Å². The molecule has 29 heavy (non-hydrogen) atoms. The molecule has 0 spiro atoms. The summed E-state index contributed by atoms with van der Waals surface area (Å²) < 4.78 is 0. The van der Waals surface area contributed by atoms with Crippen molar-refractivity contribution < 1.29 is 19.5 Å². The van der Waals surface area contributed by atoms with Crippen molar-refractivity contribution in [2.75, 3.05) is 4.90 Å². The SMILES string of the molecule is Cc1ccc(N2C(=O)/C(=C\c3ccc(C(=O)[O-])cc3)c3ccccc3C2=O)cc1. The first-order chi connectivity index (χ1) is 14.0. The van der Waals surface area contributed by atoms with Crippen LogP contribution in [0.5, 0.6) is 0 Å². The second kappa shape index (κ2) is 7.20. The van der Waals surface area contributed by atoms with Crippen LogP contribution in [0.4, 0.5) is 5.69 Å². The number of aromatic carboxylic acids is 1. The molecule has 1 aliphatic heterocycles. The number of nitrogens with zero attached hydrogens (tertiary/aromatic N) is 1. The Morgan fingerprint density at radius 2 is 1.45 bits per heavy atom. The topological polar surface area (TPSA) is 77.5 Å². The average molecular weight is 382 g/mol. The summed E-state index contributed by atoms with van der Waals surface area (Å²) in [5, 5.41) is 11.0. The van der Waals surface area contributed by atoms with Crippen LogP contribution in [-0.4, -0.2) is 17.8 Å². The van der Waals surface area contributed by atoms with Gasteiger partial charge in [0.2, 0.25) is 0 Å². The maximum absolute atomic E-state index is 13.3. The van der Waals surface area contributed by atoms with E-state index in [4.69, 9.17) is 0 Å². The van der Waals surface area contributed by atoms with Gasteiger partial charge in [-0.3, -0.25) is 9.59 Å². The van der Waals surface area contributed by atoms with Gasteiger partial charge in [0.15, 0.2) is 0 Å². The number of imide groups is 1. The molecule has 0 N–H and O–H groups in total. The fourth-order valence-corrected chi connectivity index (χ4v) is 3.30. The van der Waals surface area contributed by atoms with Crippen LogP contribution in [0.15, 0.2) is 72.8 Å². The Hall–Kier alpha value is -3.99. The second-order valence-electron chi connectivity index (χ2n) is 6.79. The fraction of sp³-hybridized carbons (Fsp3) is 0.0417. The molecule has 4 rings (SSSR count). The zero-order valence-electron chi connectivity index (χ0n) is 15.6. The van der Waals surface area contributed by atoms with E-state index in [0.29, 0.717) is 28.0 Å². The number of carboxylic acid groups (broad SMARTS) is 1. The second-order valence-corrected chi connectivity index (χ2v) is 6.79. The van der Waals surface area contributed by atoms with Gasteiger partial charge in [-0.2, -0.15) is 0 Å². The summed E-state index contributed by atoms with van der Waals surface area (Å²) in [5.74, 6) is -2.07. The minimum atomic E-state index is -1.26. The summed E-state index contributed by atoms with van der Waals surface area (Å²) >= 11 is 0. The molecule has 1 heterocycles. The predicted octanol–water partition coefficient (Wildman–Crippen LogP) is 3.09. The lowest BCUT2D eigenvalue weighted by Gasteiger charge is -2.28. The van der Waals surface area contributed by atoms with Crippen LogP contribution in [0.25, 0.3) is 11.6 Å². The largest absolute Gasteiger partial charge is 0.545 e. The van der Waals surface area contributed by atoms with Gasteiger partial charge in [-0.05, 0) is 47.9 Å². The van der Waals surface area contributed by atoms with Gasteiger partial charge in [-0.1, -0.05) is 60.2 Å². The number of fused-ring (bicyclic) bond motifs is 1. The lowest BCUT2D eigenvalue weighted by Crippen LogP contribution is -2.41. The van der Waals surface area contributed by atoms with Crippen LogP contribution in [-0.2, 0) is 4.79 Å². The lowest BCUT2D eigenvalue weighted by molar-refractivity contribution is -0.255. The van der Waals surface area contributed by atoms with Gasteiger partial charge >= 0.3 is 0 Å². The van der Waals surface area contributed by atoms with Crippen LogP contribution in [0.1, 0.15) is 37.4 Å². The van der Waals surface area contributed by atoms with E-state index in [0.717, 1.165) is 5.56 Å². The van der Waals surface area contributed by atoms with Gasteiger partial charge in [0.05, 0.1) is 11.7 Å². The summed E-state index contributed by atoms with van der Waals surface area (Å²) in [4.78, 5) is 38.5. The highest BCUT2D eigenvalue weighted by molar-refractivity contribution is 6.43. The van der Waals surface area contributed by atoms with Crippen molar-refractivity contribution in [3.8, 4) is 0 Å². The first-order valence-corrected chi connectivity index (χ1v) is 9.03. The summed E-state index contributed by atoms with van der Waals surface area (Å²) in [6, 6.07) is 20.2. The maximum atomic E-state index is 13.3. The molecule has 3 aromatic rings. The van der Waals surface area contributed by atoms with Crippen LogP contribution in [0, 0.1) is 6.92 Å². The van der Waals surface area contributed by atoms with Gasteiger partial charge in [-0.15, -0.1) is 0 Å². The van der Waals surface area contributed by atoms with Gasteiger partial charge in [-0.25, -0.2) is 4.90 Å². The molecular weight excluding hydrogens is 366 g/mol. The third-order valence-electron chi connectivity index (χ3n) is 4.83. The summed E-state index contributed by atoms with van der Waals surface area (Å²) in [5.41, 5.74) is 3.57. The number of benzene rings is 3. The molecule has 0 atom stereocenters. The van der Waals surface area contributed by atoms with Crippen LogP contribution in [0.2, 0.25) is 0 Å². The molecule has 2 amide bonds. The molecule has 3 aromatic carbocycles. The Balaban J connectivity index is 1.84. The van der Waals surface area contributed by atoms with E-state index in [1.807, 2.05) is 19.1 Å². The fourth-order valence-electron chi connectivity index (χ4n) is 3.30. The normalized spacial score (nSPS) is 14.8. The standard InChI is InChI=1S/C24H17NO4/c1-15-6-12-18(13-7-15)25-22(26)20-5-3-2-4-19(20)21(23(25)27)14-16-8-10-17(11-9-16)24(28)29/h2-14H,1H3,(H,28,29)/p-1/b21-14-. The zero-order valence-corrected chi connectivity index (χ0v) is 15.6. The minimum Gasteiger partial charge on any atom is -0.545 e. The molecule has 0 bridgehead atoms. The van der Waals surface area contributed by atoms with E-state index in [-0.39, 0.29) is 11.5 Å². The number of carbonyl (C=O) groups is 3. The number of anilines is 1. The van der Waals surface area contributed by atoms with E-state index < -0.39 is 11.9 Å². The Labute approximate surface area is 167 Å². The van der Waals surface area contributed by atoms with Crippen molar-refractivity contribution >= 4 is 35.1 Å². The average Bonchev–Trinajstić information content (AvgIpc) is 2.73. The third kappa shape index (κ3) is 3.34. The lowest BCUT2D eigenvalue weighted by atomic mass is 9.91. The van der Waals surface area contributed by atoms with Gasteiger partial charge in [0, 0.05) is 11.1 Å². The summed E-state index contributed by atoms with van der Waals surface area (Å²) in [6.07, 6.45) is 1.66. The van der Waals surface area contributed by atoms with Gasteiger partial charge in [0.1, 0.15) is 0 Å². The quantitative estimate of drug-likeness (QED) is 0.515. The monoisotopic (exact) mass is 382 g/mol. The van der Waals surface area contributed by atoms with Crippen LogP contribution in [0.3, 0.4) is 0 Å². The van der Waals surface area contributed by atoms with Crippen LogP contribution < -0.4 is 10.0 Å². The Morgan fingerprint density at radius 3 is 2.07 bits per heavy atom. The van der Waals surface area contributed by atoms with E-state index in [9.17, 15) is 19.5 Å². The minimum absolute atomic E-state index is 0.0546. The van der Waals surface area contributed by atoms with Crippen molar-refractivity contribution in [3.05, 3.63) is 101 Å². The van der Waals surface area contributed by atoms with Crippen LogP contribution >= 0.6 is 0 Å². The highest BCUT2D eigenvalue weighted by Gasteiger charge is 2.35. The Bertz CT molecular complexity index is 1160. The maximum Gasteiger partial charge on any atom is 0.265 e. The predicted molar refractivity (Wildman–Crippen MR) is 108 cm³/mol. The molecule has 0 radical (unpaired) electrons. The Morgan fingerprint density at radius 1 is 0.828 bits per heavy atom. The van der Waals surface area contributed by atoms with Gasteiger partial charge < -0.3 is 9.90 Å². The molecule has 0 aromatic heterocycles. The number of hydrogen-bond donors (Lipinski definition) is 0. The molecule has 1 aliphatic rings. The highest BCUT2D eigenvalue weighted by atomic mass is 16.4. The summed E-state index contributed by atoms with van der Waals surface area (Å²) in [7, 11) is 0. The zero-order chi connectivity index (χ0) is 20.5. The van der Waals surface area contributed by atoms with Crippen molar-refractivity contribution in [2.24, 2.45) is 0 Å². The van der Waals surface area contributed by atoms with E-state index >= 15 is 0 Å². The highest BCUT2D eigenvalue weighted by Crippen LogP contribution is 2.33. The van der Waals surface area contributed by atoms with Gasteiger partial charge in [0.25, 0.3) is 11.8 Å². The molecule has 5 nitrogen and oxygen atoms in total. The van der Waals surface area contributed by atoms with Crippen molar-refractivity contribution in [3.63, 3.8) is 0 Å². The Kier molecular flexibility index (Phi) is 4.56. The van der Waals surface area contributed by atoms with E-state index in [1.54, 1.807) is 54.6 Å². The molecule has 0 aliphatic carbocycles. The summed E-state index contributed by atoms with van der Waals surface area (Å²) in [6.45, 7) is 1.93. The smallest absolute Gasteiger partial charge is 0.265 e. The first kappa shape index (κ1) is 18.4. The number of hydrogen-bond acceptors (Lipinski definition) is 4. The molecule has 142 valence electrons. The molecule has 5 heteroatoms. The molecule has 0 fully saturated rings. The van der Waals surface area contributed by atoms with E-state index in [1.165, 1.54) is 17.0 Å². The van der Waals surface area contributed by atoms with Crippen molar-refractivity contribution in [1.82, 2.24) is 0 Å². The number of aryl methyl sites for hydroxylation is 1. The third-order valence-corrected chi connectivity index (χ3v) is 4.83. The molecule has 0 unspecified atom stereocenters. The first-order valence-electron chi connectivity index (χ1n) is 9.03. The number of carboxylic acids is 1. The number of carbonyl (C=O) groups excluding carboxylic acids is 3.